The number of hydrogen-bond acceptors (Lipinski definition) is 5. The van der Waals surface area contributed by atoms with Gasteiger partial charge in [-0.1, -0.05) is 38.0 Å². The second kappa shape index (κ2) is 9.71. The van der Waals surface area contributed by atoms with E-state index < -0.39 is 35.1 Å². The van der Waals surface area contributed by atoms with Crippen LogP contribution in [0, 0.1) is 12.8 Å². The molecule has 1 fully saturated rings. The number of carboxylic acid groups (broad SMARTS) is 1. The van der Waals surface area contributed by atoms with Crippen molar-refractivity contribution in [2.24, 2.45) is 5.92 Å². The first-order valence-electron chi connectivity index (χ1n) is 9.12. The van der Waals surface area contributed by atoms with Gasteiger partial charge >= 0.3 is 5.97 Å². The lowest BCUT2D eigenvalue weighted by atomic mass is 9.94. The number of carboxylic acids is 1. The number of aryl methyl sites for hydroxylation is 1. The molecule has 0 radical (unpaired) electrons. The summed E-state index contributed by atoms with van der Waals surface area (Å²) < 4.78 is 27.2. The average molecular weight is 384 g/mol. The van der Waals surface area contributed by atoms with Gasteiger partial charge in [0.2, 0.25) is 0 Å². The summed E-state index contributed by atoms with van der Waals surface area (Å²) in [5, 5.41) is 9.43. The summed E-state index contributed by atoms with van der Waals surface area (Å²) in [6, 6.07) is 6.92. The van der Waals surface area contributed by atoms with Crippen molar-refractivity contribution >= 4 is 17.3 Å². The van der Waals surface area contributed by atoms with Crippen LogP contribution in [0.3, 0.4) is 0 Å². The van der Waals surface area contributed by atoms with Gasteiger partial charge in [-0.25, -0.2) is 0 Å². The summed E-state index contributed by atoms with van der Waals surface area (Å²) in [5.74, 6) is -2.23. The van der Waals surface area contributed by atoms with Crippen molar-refractivity contribution in [3.63, 3.8) is 0 Å². The van der Waals surface area contributed by atoms with E-state index in [0.29, 0.717) is 31.0 Å². The summed E-state index contributed by atoms with van der Waals surface area (Å²) in [6.45, 7) is 6.78. The molecule has 1 heterocycles. The number of carbonyl (C=O) groups is 1. The molecule has 1 aromatic rings. The normalized spacial score (nSPS) is 19.8. The zero-order valence-electron chi connectivity index (χ0n) is 15.7. The minimum absolute atomic E-state index is 0.448. The lowest BCUT2D eigenvalue weighted by Crippen LogP contribution is -2.44. The number of rotatable bonds is 10. The molecule has 2 unspecified atom stereocenters. The van der Waals surface area contributed by atoms with Gasteiger partial charge < -0.3 is 19.1 Å². The summed E-state index contributed by atoms with van der Waals surface area (Å²) in [6.07, 6.45) is 2.76. The second-order valence-corrected chi connectivity index (χ2v) is 8.07. The molecule has 2 rings (SSSR count). The smallest absolute Gasteiger partial charge is 0.307 e. The van der Waals surface area contributed by atoms with E-state index in [2.05, 4.69) is 11.6 Å². The highest BCUT2D eigenvalue weighted by atomic mass is 32.2. The SMILES string of the molecule is CCCC1(CC[C@H](N[S+]([O-])c2ccc(C)cc2)C(C)C(=O)O)OCCO1. The van der Waals surface area contributed by atoms with Crippen molar-refractivity contribution in [2.75, 3.05) is 13.2 Å². The molecule has 0 saturated carbocycles. The summed E-state index contributed by atoms with van der Waals surface area (Å²) in [5.41, 5.74) is 1.08. The Hall–Kier alpha value is -1.12. The fourth-order valence-electron chi connectivity index (χ4n) is 3.12. The molecule has 1 saturated heterocycles. The fourth-order valence-corrected chi connectivity index (χ4v) is 4.23. The third-order valence-corrected chi connectivity index (χ3v) is 5.98. The highest BCUT2D eigenvalue weighted by Gasteiger charge is 2.38. The van der Waals surface area contributed by atoms with Gasteiger partial charge in [0.25, 0.3) is 0 Å². The minimum atomic E-state index is -1.47. The topological polar surface area (TPSA) is 90.9 Å². The molecule has 146 valence electrons. The van der Waals surface area contributed by atoms with Crippen LogP contribution >= 0.6 is 0 Å². The van der Waals surface area contributed by atoms with E-state index in [1.807, 2.05) is 19.1 Å². The first-order chi connectivity index (χ1) is 12.4. The van der Waals surface area contributed by atoms with E-state index in [1.54, 1.807) is 19.1 Å². The van der Waals surface area contributed by atoms with Gasteiger partial charge in [-0.05, 0) is 25.5 Å². The van der Waals surface area contributed by atoms with E-state index in [1.165, 1.54) is 0 Å². The van der Waals surface area contributed by atoms with Crippen LogP contribution in [0.15, 0.2) is 29.2 Å². The molecule has 0 bridgehead atoms. The molecule has 2 N–H and O–H groups in total. The lowest BCUT2D eigenvalue weighted by Gasteiger charge is -2.30. The average Bonchev–Trinajstić information content (AvgIpc) is 3.07. The Morgan fingerprint density at radius 1 is 1.31 bits per heavy atom. The van der Waals surface area contributed by atoms with E-state index in [0.717, 1.165) is 18.4 Å². The molecule has 3 atom stereocenters. The first kappa shape index (κ1) is 21.2. The van der Waals surface area contributed by atoms with Crippen molar-refractivity contribution in [3.8, 4) is 0 Å². The van der Waals surface area contributed by atoms with E-state index in [4.69, 9.17) is 9.47 Å². The second-order valence-electron chi connectivity index (χ2n) is 6.83. The van der Waals surface area contributed by atoms with E-state index in [9.17, 15) is 14.5 Å². The minimum Gasteiger partial charge on any atom is -0.593 e. The molecule has 1 aromatic carbocycles. The molecular weight excluding hydrogens is 354 g/mol. The number of ether oxygens (including phenoxy) is 2. The van der Waals surface area contributed by atoms with E-state index in [-0.39, 0.29) is 0 Å². The maximum atomic E-state index is 12.6. The Labute approximate surface area is 158 Å². The Morgan fingerprint density at radius 2 is 1.92 bits per heavy atom. The van der Waals surface area contributed by atoms with Gasteiger partial charge in [-0.3, -0.25) is 4.79 Å². The molecule has 0 spiro atoms. The first-order valence-corrected chi connectivity index (χ1v) is 10.3. The van der Waals surface area contributed by atoms with E-state index >= 15 is 0 Å². The predicted octanol–water partition coefficient (Wildman–Crippen LogP) is 3.02. The molecule has 0 aromatic heterocycles. The van der Waals surface area contributed by atoms with Gasteiger partial charge in [-0.15, -0.1) is 4.72 Å². The van der Waals surface area contributed by atoms with Crippen LogP contribution in [-0.2, 0) is 25.6 Å². The molecule has 7 heteroatoms. The number of nitrogens with one attached hydrogen (secondary N) is 1. The molecular formula is C19H29NO5S. The van der Waals surface area contributed by atoms with Gasteiger partial charge in [0.05, 0.1) is 36.5 Å². The van der Waals surface area contributed by atoms with Crippen LogP contribution in [0.1, 0.15) is 45.1 Å². The van der Waals surface area contributed by atoms with Gasteiger partial charge in [0.15, 0.2) is 10.7 Å². The van der Waals surface area contributed by atoms with Gasteiger partial charge in [0, 0.05) is 12.8 Å². The number of hydrogen-bond donors (Lipinski definition) is 2. The van der Waals surface area contributed by atoms with Crippen LogP contribution in [0.5, 0.6) is 0 Å². The van der Waals surface area contributed by atoms with Crippen LogP contribution in [0.25, 0.3) is 0 Å². The fraction of sp³-hybridized carbons (Fsp3) is 0.632. The zero-order chi connectivity index (χ0) is 19.2. The molecule has 1 aliphatic rings. The lowest BCUT2D eigenvalue weighted by molar-refractivity contribution is -0.169. The number of benzene rings is 1. The van der Waals surface area contributed by atoms with Crippen LogP contribution in [0.4, 0.5) is 0 Å². The molecule has 0 amide bonds. The molecule has 6 nitrogen and oxygen atoms in total. The summed E-state index contributed by atoms with van der Waals surface area (Å²) in [7, 11) is 0. The van der Waals surface area contributed by atoms with Gasteiger partial charge in [-0.2, -0.15) is 0 Å². The Bertz CT molecular complexity index is 574. The van der Waals surface area contributed by atoms with Crippen molar-refractivity contribution in [1.82, 2.24) is 4.72 Å². The monoisotopic (exact) mass is 383 g/mol. The summed E-state index contributed by atoms with van der Waals surface area (Å²) >= 11 is -1.47. The van der Waals surface area contributed by atoms with Crippen molar-refractivity contribution in [1.29, 1.82) is 0 Å². The van der Waals surface area contributed by atoms with Crippen LogP contribution in [-0.4, -0.2) is 40.7 Å². The van der Waals surface area contributed by atoms with Crippen molar-refractivity contribution in [2.45, 2.75) is 63.2 Å². The predicted molar refractivity (Wildman–Crippen MR) is 100 cm³/mol. The Balaban J connectivity index is 2.05. The number of aliphatic carboxylic acids is 1. The largest absolute Gasteiger partial charge is 0.593 e. The Morgan fingerprint density at radius 3 is 2.46 bits per heavy atom. The maximum Gasteiger partial charge on any atom is 0.307 e. The zero-order valence-corrected chi connectivity index (χ0v) is 16.5. The molecule has 0 aliphatic carbocycles. The van der Waals surface area contributed by atoms with Crippen molar-refractivity contribution in [3.05, 3.63) is 29.8 Å². The quantitative estimate of drug-likeness (QED) is 0.604. The Kier molecular flexibility index (Phi) is 7.91. The van der Waals surface area contributed by atoms with Crippen LogP contribution < -0.4 is 4.72 Å². The van der Waals surface area contributed by atoms with Crippen molar-refractivity contribution < 1.29 is 23.9 Å². The molecule has 1 aliphatic heterocycles. The highest BCUT2D eigenvalue weighted by Crippen LogP contribution is 2.31. The summed E-state index contributed by atoms with van der Waals surface area (Å²) in [4.78, 5) is 12.1. The third-order valence-electron chi connectivity index (χ3n) is 4.77. The van der Waals surface area contributed by atoms with Crippen LogP contribution in [0.2, 0.25) is 0 Å². The van der Waals surface area contributed by atoms with Gasteiger partial charge in [0.1, 0.15) is 0 Å². The standard InChI is InChI=1S/C19H29NO5S/c1-4-10-19(24-12-13-25-19)11-9-17(15(3)18(21)22)20-26(23)16-7-5-14(2)6-8-16/h5-8,15,17,20H,4,9-13H2,1-3H3,(H,21,22)/t15?,17-,26?/m0/s1. The highest BCUT2D eigenvalue weighted by molar-refractivity contribution is 7.89. The molecule has 26 heavy (non-hydrogen) atoms. The third kappa shape index (κ3) is 5.69. The maximum absolute atomic E-state index is 12.6.